The van der Waals surface area contributed by atoms with Gasteiger partial charge in [-0.1, -0.05) is 30.3 Å². The quantitative estimate of drug-likeness (QED) is 0.787. The number of nitrogens with zero attached hydrogens (tertiary/aromatic N) is 1. The second-order valence-electron chi connectivity index (χ2n) is 5.12. The molecule has 5 heteroatoms. The number of carbonyl (C=O) groups excluding carboxylic acids is 2. The standard InChI is InChI=1S/C14H16N2O3/c1-19-14-9-16(7-10-5-3-2-4-6-10)8-11(14)12(17)15-13(14)18/h2-6,11H,7-9H2,1H3,(H,15,17,18). The summed E-state index contributed by atoms with van der Waals surface area (Å²) in [6.07, 6.45) is 0. The smallest absolute Gasteiger partial charge is 0.261 e. The van der Waals surface area contributed by atoms with E-state index in [0.717, 1.165) is 6.54 Å². The SMILES string of the molecule is COC12CN(Cc3ccccc3)CC1C(=O)NC2=O. The lowest BCUT2D eigenvalue weighted by Crippen LogP contribution is -2.46. The molecule has 2 aliphatic rings. The maximum absolute atomic E-state index is 11.9. The first-order valence-electron chi connectivity index (χ1n) is 6.32. The van der Waals surface area contributed by atoms with Gasteiger partial charge in [-0.05, 0) is 5.56 Å². The van der Waals surface area contributed by atoms with E-state index in [1.165, 1.54) is 12.7 Å². The summed E-state index contributed by atoms with van der Waals surface area (Å²) >= 11 is 0. The minimum absolute atomic E-state index is 0.220. The van der Waals surface area contributed by atoms with Gasteiger partial charge in [0.2, 0.25) is 5.91 Å². The fourth-order valence-electron chi connectivity index (χ4n) is 3.00. The second kappa shape index (κ2) is 4.43. The molecule has 5 nitrogen and oxygen atoms in total. The summed E-state index contributed by atoms with van der Waals surface area (Å²) in [6, 6.07) is 10.0. The number of fused-ring (bicyclic) bond motifs is 1. The van der Waals surface area contributed by atoms with Crippen molar-refractivity contribution in [3.8, 4) is 0 Å². The normalized spacial score (nSPS) is 30.5. The lowest BCUT2D eigenvalue weighted by molar-refractivity contribution is -0.139. The zero-order valence-corrected chi connectivity index (χ0v) is 10.8. The molecule has 0 spiro atoms. The molecule has 2 unspecified atom stereocenters. The molecule has 1 aromatic carbocycles. The summed E-state index contributed by atoms with van der Waals surface area (Å²) in [5.41, 5.74) is 0.174. The maximum atomic E-state index is 11.9. The predicted octanol–water partition coefficient (Wildman–Crippen LogP) is 0.160. The van der Waals surface area contributed by atoms with Gasteiger partial charge in [0.05, 0.1) is 5.92 Å². The van der Waals surface area contributed by atoms with Gasteiger partial charge in [-0.2, -0.15) is 0 Å². The molecule has 2 aliphatic heterocycles. The average molecular weight is 260 g/mol. The molecule has 1 aromatic rings. The molecule has 0 aliphatic carbocycles. The Morgan fingerprint density at radius 3 is 2.74 bits per heavy atom. The highest BCUT2D eigenvalue weighted by atomic mass is 16.5. The van der Waals surface area contributed by atoms with E-state index in [4.69, 9.17) is 4.74 Å². The van der Waals surface area contributed by atoms with Crippen LogP contribution in [-0.2, 0) is 20.9 Å². The number of likely N-dealkylation sites (tertiary alicyclic amines) is 1. The van der Waals surface area contributed by atoms with Crippen molar-refractivity contribution in [2.24, 2.45) is 5.92 Å². The summed E-state index contributed by atoms with van der Waals surface area (Å²) in [5, 5.41) is 2.37. The molecule has 2 saturated heterocycles. The van der Waals surface area contributed by atoms with Crippen molar-refractivity contribution in [3.05, 3.63) is 35.9 Å². The van der Waals surface area contributed by atoms with Crippen LogP contribution < -0.4 is 5.32 Å². The van der Waals surface area contributed by atoms with Gasteiger partial charge in [-0.25, -0.2) is 0 Å². The Morgan fingerprint density at radius 2 is 2.11 bits per heavy atom. The van der Waals surface area contributed by atoms with Crippen molar-refractivity contribution in [1.29, 1.82) is 0 Å². The maximum Gasteiger partial charge on any atom is 0.261 e. The van der Waals surface area contributed by atoms with Gasteiger partial charge in [0.1, 0.15) is 0 Å². The van der Waals surface area contributed by atoms with Crippen LogP contribution in [0.1, 0.15) is 5.56 Å². The Morgan fingerprint density at radius 1 is 1.37 bits per heavy atom. The van der Waals surface area contributed by atoms with E-state index in [1.54, 1.807) is 0 Å². The Labute approximate surface area is 111 Å². The molecule has 0 saturated carbocycles. The third-order valence-corrected chi connectivity index (χ3v) is 4.01. The van der Waals surface area contributed by atoms with Gasteiger partial charge < -0.3 is 4.74 Å². The van der Waals surface area contributed by atoms with E-state index in [-0.39, 0.29) is 11.8 Å². The van der Waals surface area contributed by atoms with Crippen LogP contribution >= 0.6 is 0 Å². The van der Waals surface area contributed by atoms with Crippen molar-refractivity contribution in [3.63, 3.8) is 0 Å². The molecule has 2 fully saturated rings. The van der Waals surface area contributed by atoms with E-state index in [1.807, 2.05) is 30.3 Å². The van der Waals surface area contributed by atoms with Crippen molar-refractivity contribution < 1.29 is 14.3 Å². The van der Waals surface area contributed by atoms with Gasteiger partial charge in [-0.3, -0.25) is 19.8 Å². The van der Waals surface area contributed by atoms with Crippen molar-refractivity contribution in [1.82, 2.24) is 10.2 Å². The zero-order valence-electron chi connectivity index (χ0n) is 10.8. The van der Waals surface area contributed by atoms with Crippen LogP contribution in [-0.4, -0.2) is 42.5 Å². The summed E-state index contributed by atoms with van der Waals surface area (Å²) in [4.78, 5) is 25.8. The van der Waals surface area contributed by atoms with Gasteiger partial charge in [0.25, 0.3) is 5.91 Å². The molecule has 19 heavy (non-hydrogen) atoms. The van der Waals surface area contributed by atoms with E-state index in [9.17, 15) is 9.59 Å². The van der Waals surface area contributed by atoms with E-state index in [0.29, 0.717) is 13.1 Å². The number of hydrogen-bond donors (Lipinski definition) is 1. The zero-order chi connectivity index (χ0) is 13.5. The number of ether oxygens (including phenoxy) is 1. The van der Waals surface area contributed by atoms with Gasteiger partial charge in [0, 0.05) is 26.7 Å². The van der Waals surface area contributed by atoms with Gasteiger partial charge in [0.15, 0.2) is 5.60 Å². The largest absolute Gasteiger partial charge is 0.366 e. The Hall–Kier alpha value is -1.72. The molecule has 2 heterocycles. The first kappa shape index (κ1) is 12.3. The number of hydrogen-bond acceptors (Lipinski definition) is 4. The third-order valence-electron chi connectivity index (χ3n) is 4.01. The van der Waals surface area contributed by atoms with Gasteiger partial charge in [-0.15, -0.1) is 0 Å². The third kappa shape index (κ3) is 1.86. The fraction of sp³-hybridized carbons (Fsp3) is 0.429. The molecule has 1 N–H and O–H groups in total. The molecule has 2 amide bonds. The number of nitrogens with one attached hydrogen (secondary N) is 1. The first-order chi connectivity index (χ1) is 9.15. The van der Waals surface area contributed by atoms with Crippen LogP contribution in [0.15, 0.2) is 30.3 Å². The number of carbonyl (C=O) groups is 2. The molecule has 3 rings (SSSR count). The van der Waals surface area contributed by atoms with Crippen molar-refractivity contribution in [2.75, 3.05) is 20.2 Å². The Bertz CT molecular complexity index is 517. The van der Waals surface area contributed by atoms with Gasteiger partial charge >= 0.3 is 0 Å². The van der Waals surface area contributed by atoms with Crippen LogP contribution in [0, 0.1) is 5.92 Å². The number of rotatable bonds is 3. The van der Waals surface area contributed by atoms with E-state index < -0.39 is 11.5 Å². The van der Waals surface area contributed by atoms with Crippen LogP contribution in [0.25, 0.3) is 0 Å². The summed E-state index contributed by atoms with van der Waals surface area (Å²) in [5.74, 6) is -0.920. The Balaban J connectivity index is 1.79. The highest BCUT2D eigenvalue weighted by Gasteiger charge is 2.60. The second-order valence-corrected chi connectivity index (χ2v) is 5.12. The average Bonchev–Trinajstić information content (AvgIpc) is 2.89. The fourth-order valence-corrected chi connectivity index (χ4v) is 3.00. The summed E-state index contributed by atoms with van der Waals surface area (Å²) in [6.45, 7) is 1.74. The highest BCUT2D eigenvalue weighted by Crippen LogP contribution is 2.36. The number of amides is 2. The number of benzene rings is 1. The van der Waals surface area contributed by atoms with Crippen molar-refractivity contribution in [2.45, 2.75) is 12.1 Å². The number of methoxy groups -OCH3 is 1. The molecule has 0 bridgehead atoms. The first-order valence-corrected chi connectivity index (χ1v) is 6.32. The van der Waals surface area contributed by atoms with E-state index in [2.05, 4.69) is 10.2 Å². The monoisotopic (exact) mass is 260 g/mol. The van der Waals surface area contributed by atoms with Crippen molar-refractivity contribution >= 4 is 11.8 Å². The Kier molecular flexibility index (Phi) is 2.88. The van der Waals surface area contributed by atoms with Crippen LogP contribution in [0.2, 0.25) is 0 Å². The van der Waals surface area contributed by atoms with E-state index >= 15 is 0 Å². The molecular weight excluding hydrogens is 244 g/mol. The lowest BCUT2D eigenvalue weighted by atomic mass is 9.93. The summed E-state index contributed by atoms with van der Waals surface area (Å²) in [7, 11) is 1.50. The minimum Gasteiger partial charge on any atom is -0.366 e. The molecule has 0 aromatic heterocycles. The molecule has 2 atom stereocenters. The molecular formula is C14H16N2O3. The topological polar surface area (TPSA) is 58.6 Å². The summed E-state index contributed by atoms with van der Waals surface area (Å²) < 4.78 is 5.40. The van der Waals surface area contributed by atoms with Crippen LogP contribution in [0.5, 0.6) is 0 Å². The predicted molar refractivity (Wildman–Crippen MR) is 68.1 cm³/mol. The number of imide groups is 1. The lowest BCUT2D eigenvalue weighted by Gasteiger charge is -2.23. The van der Waals surface area contributed by atoms with Crippen LogP contribution in [0.4, 0.5) is 0 Å². The van der Waals surface area contributed by atoms with Crippen LogP contribution in [0.3, 0.4) is 0 Å². The molecule has 100 valence electrons. The highest BCUT2D eigenvalue weighted by molar-refractivity contribution is 6.10. The molecule has 0 radical (unpaired) electrons. The minimum atomic E-state index is -0.994.